The molecular formula is C22H22N4O2. The summed E-state index contributed by atoms with van der Waals surface area (Å²) in [6.07, 6.45) is 1.77. The first-order valence-electron chi connectivity index (χ1n) is 9.41. The molecule has 1 aliphatic rings. The van der Waals surface area contributed by atoms with E-state index in [4.69, 9.17) is 0 Å². The maximum Gasteiger partial charge on any atom is 0.269 e. The third-order valence-electron chi connectivity index (χ3n) is 5.10. The molecule has 0 radical (unpaired) electrons. The lowest BCUT2D eigenvalue weighted by molar-refractivity contribution is -0.384. The fraction of sp³-hybridized carbons (Fsp3) is 0.227. The van der Waals surface area contributed by atoms with Crippen molar-refractivity contribution in [3.05, 3.63) is 88.0 Å². The van der Waals surface area contributed by atoms with Crippen LogP contribution in [0.2, 0.25) is 0 Å². The lowest BCUT2D eigenvalue weighted by Crippen LogP contribution is -2.43. The molecule has 0 N–H and O–H groups in total. The molecule has 6 nitrogen and oxygen atoms in total. The van der Waals surface area contributed by atoms with Crippen molar-refractivity contribution in [3.63, 3.8) is 0 Å². The number of nitrogens with zero attached hydrogens (tertiary/aromatic N) is 4. The van der Waals surface area contributed by atoms with Gasteiger partial charge in [0.2, 0.25) is 0 Å². The molecule has 3 aromatic rings. The van der Waals surface area contributed by atoms with Gasteiger partial charge >= 0.3 is 0 Å². The van der Waals surface area contributed by atoms with Crippen molar-refractivity contribution in [1.29, 1.82) is 0 Å². The molecule has 142 valence electrons. The molecule has 0 unspecified atom stereocenters. The first-order valence-corrected chi connectivity index (χ1v) is 9.41. The number of hydrogen-bond acceptors (Lipinski definition) is 5. The van der Waals surface area contributed by atoms with E-state index in [0.717, 1.165) is 38.3 Å². The molecule has 6 heteroatoms. The summed E-state index contributed by atoms with van der Waals surface area (Å²) in [5, 5.41) is 19.9. The van der Waals surface area contributed by atoms with E-state index in [0.29, 0.717) is 0 Å². The third kappa shape index (κ3) is 4.18. The topological polar surface area (TPSA) is 62.0 Å². The Morgan fingerprint density at radius 2 is 1.64 bits per heavy atom. The van der Waals surface area contributed by atoms with E-state index in [1.54, 1.807) is 18.3 Å². The Labute approximate surface area is 163 Å². The van der Waals surface area contributed by atoms with Gasteiger partial charge in [-0.25, -0.2) is 0 Å². The molecule has 4 rings (SSSR count). The maximum atomic E-state index is 10.7. The Hall–Kier alpha value is -3.25. The number of piperazine rings is 1. The van der Waals surface area contributed by atoms with Crippen LogP contribution in [0.5, 0.6) is 0 Å². The summed E-state index contributed by atoms with van der Waals surface area (Å²) in [5.41, 5.74) is 2.32. The Balaban J connectivity index is 1.33. The van der Waals surface area contributed by atoms with Gasteiger partial charge in [-0.3, -0.25) is 20.0 Å². The van der Waals surface area contributed by atoms with Crippen LogP contribution in [0.4, 0.5) is 5.69 Å². The predicted molar refractivity (Wildman–Crippen MR) is 111 cm³/mol. The molecule has 0 spiro atoms. The van der Waals surface area contributed by atoms with E-state index in [1.165, 1.54) is 28.5 Å². The average molecular weight is 374 g/mol. The van der Waals surface area contributed by atoms with Gasteiger partial charge < -0.3 is 0 Å². The van der Waals surface area contributed by atoms with Crippen molar-refractivity contribution < 1.29 is 4.92 Å². The predicted octanol–water partition coefficient (Wildman–Crippen LogP) is 3.90. The van der Waals surface area contributed by atoms with Crippen LogP contribution in [0, 0.1) is 10.1 Å². The molecule has 28 heavy (non-hydrogen) atoms. The lowest BCUT2D eigenvalue weighted by Gasteiger charge is -2.33. The van der Waals surface area contributed by atoms with Gasteiger partial charge in [0, 0.05) is 44.9 Å². The van der Waals surface area contributed by atoms with Crippen LogP contribution in [0.15, 0.2) is 71.8 Å². The van der Waals surface area contributed by atoms with Crippen molar-refractivity contribution in [2.24, 2.45) is 5.10 Å². The van der Waals surface area contributed by atoms with Gasteiger partial charge in [0.15, 0.2) is 0 Å². The normalized spacial score (nSPS) is 15.4. The third-order valence-corrected chi connectivity index (χ3v) is 5.10. The number of nitro groups is 1. The second-order valence-corrected chi connectivity index (χ2v) is 6.96. The SMILES string of the molecule is O=[N+]([O-])c1ccc(C=NN2CCN(Cc3cccc4ccccc34)CC2)cc1. The first kappa shape index (κ1) is 18.1. The molecule has 0 amide bonds. The molecule has 0 saturated carbocycles. The summed E-state index contributed by atoms with van der Waals surface area (Å²) in [7, 11) is 0. The monoisotopic (exact) mass is 374 g/mol. The number of benzene rings is 3. The highest BCUT2D eigenvalue weighted by molar-refractivity contribution is 5.85. The van der Waals surface area contributed by atoms with Crippen molar-refractivity contribution in [2.45, 2.75) is 6.54 Å². The molecule has 1 heterocycles. The van der Waals surface area contributed by atoms with Gasteiger partial charge in [0.1, 0.15) is 0 Å². The Bertz CT molecular complexity index is 988. The number of fused-ring (bicyclic) bond motifs is 1. The van der Waals surface area contributed by atoms with Gasteiger partial charge in [-0.15, -0.1) is 0 Å². The van der Waals surface area contributed by atoms with Crippen LogP contribution >= 0.6 is 0 Å². The van der Waals surface area contributed by atoms with Gasteiger partial charge in [0.25, 0.3) is 5.69 Å². The Kier molecular flexibility index (Phi) is 5.30. The summed E-state index contributed by atoms with van der Waals surface area (Å²) >= 11 is 0. The van der Waals surface area contributed by atoms with Gasteiger partial charge in [-0.05, 0) is 34.0 Å². The molecule has 3 aromatic carbocycles. The van der Waals surface area contributed by atoms with E-state index in [9.17, 15) is 10.1 Å². The fourth-order valence-electron chi connectivity index (χ4n) is 3.51. The lowest BCUT2D eigenvalue weighted by atomic mass is 10.0. The molecule has 1 aliphatic heterocycles. The zero-order valence-corrected chi connectivity index (χ0v) is 15.6. The van der Waals surface area contributed by atoms with Gasteiger partial charge in [-0.1, -0.05) is 42.5 Å². The van der Waals surface area contributed by atoms with Crippen LogP contribution in [0.3, 0.4) is 0 Å². The quantitative estimate of drug-likeness (QED) is 0.386. The Morgan fingerprint density at radius 1 is 0.929 bits per heavy atom. The molecule has 1 saturated heterocycles. The van der Waals surface area contributed by atoms with E-state index in [2.05, 4.69) is 57.5 Å². The van der Waals surface area contributed by atoms with E-state index in [1.807, 2.05) is 0 Å². The van der Waals surface area contributed by atoms with Crippen molar-refractivity contribution in [2.75, 3.05) is 26.2 Å². The number of nitro benzene ring substituents is 1. The number of non-ortho nitro benzene ring substituents is 1. The number of rotatable bonds is 5. The highest BCUT2D eigenvalue weighted by atomic mass is 16.6. The van der Waals surface area contributed by atoms with Crippen LogP contribution in [0.25, 0.3) is 10.8 Å². The fourth-order valence-corrected chi connectivity index (χ4v) is 3.51. The van der Waals surface area contributed by atoms with Crippen LogP contribution < -0.4 is 0 Å². The van der Waals surface area contributed by atoms with E-state index in [-0.39, 0.29) is 5.69 Å². The van der Waals surface area contributed by atoms with Gasteiger partial charge in [-0.2, -0.15) is 5.10 Å². The van der Waals surface area contributed by atoms with Crippen LogP contribution in [-0.4, -0.2) is 47.2 Å². The largest absolute Gasteiger partial charge is 0.295 e. The smallest absolute Gasteiger partial charge is 0.269 e. The Morgan fingerprint density at radius 3 is 2.39 bits per heavy atom. The first-order chi connectivity index (χ1) is 13.7. The molecule has 1 fully saturated rings. The molecule has 0 aromatic heterocycles. The average Bonchev–Trinajstić information content (AvgIpc) is 2.74. The summed E-state index contributed by atoms with van der Waals surface area (Å²) in [6.45, 7) is 4.60. The molecular weight excluding hydrogens is 352 g/mol. The zero-order chi connectivity index (χ0) is 19.3. The van der Waals surface area contributed by atoms with Crippen molar-refractivity contribution >= 4 is 22.7 Å². The highest BCUT2D eigenvalue weighted by Crippen LogP contribution is 2.20. The highest BCUT2D eigenvalue weighted by Gasteiger charge is 2.16. The van der Waals surface area contributed by atoms with Crippen LogP contribution in [-0.2, 0) is 6.54 Å². The standard InChI is InChI=1S/C22H22N4O2/c27-26(28)21-10-8-18(9-11-21)16-23-25-14-12-24(13-15-25)17-20-6-3-5-19-4-1-2-7-22(19)20/h1-11,16H,12-15,17H2. The summed E-state index contributed by atoms with van der Waals surface area (Å²) in [4.78, 5) is 12.8. The summed E-state index contributed by atoms with van der Waals surface area (Å²) in [6, 6.07) is 21.5. The minimum atomic E-state index is -0.393. The van der Waals surface area contributed by atoms with Crippen molar-refractivity contribution in [1.82, 2.24) is 9.91 Å². The molecule has 0 atom stereocenters. The molecule has 0 aliphatic carbocycles. The van der Waals surface area contributed by atoms with E-state index >= 15 is 0 Å². The minimum absolute atomic E-state index is 0.0965. The summed E-state index contributed by atoms with van der Waals surface area (Å²) in [5.74, 6) is 0. The van der Waals surface area contributed by atoms with Crippen molar-refractivity contribution in [3.8, 4) is 0 Å². The van der Waals surface area contributed by atoms with E-state index < -0.39 is 4.92 Å². The maximum absolute atomic E-state index is 10.7. The minimum Gasteiger partial charge on any atom is -0.295 e. The van der Waals surface area contributed by atoms with Crippen LogP contribution in [0.1, 0.15) is 11.1 Å². The zero-order valence-electron chi connectivity index (χ0n) is 15.6. The number of hydrazone groups is 1. The number of hydrogen-bond donors (Lipinski definition) is 0. The second kappa shape index (κ2) is 8.19. The summed E-state index contributed by atoms with van der Waals surface area (Å²) < 4.78 is 0. The van der Waals surface area contributed by atoms with Gasteiger partial charge in [0.05, 0.1) is 11.1 Å². The second-order valence-electron chi connectivity index (χ2n) is 6.96. The molecule has 0 bridgehead atoms.